The zero-order chi connectivity index (χ0) is 27.7. The van der Waals surface area contributed by atoms with Crippen molar-refractivity contribution < 1.29 is 19.2 Å². The van der Waals surface area contributed by atoms with Gasteiger partial charge in [0.1, 0.15) is 16.5 Å². The molecular formula is C28H29ClN4O5. The maximum atomic E-state index is 13.2. The molecule has 2 N–H and O–H groups in total. The van der Waals surface area contributed by atoms with Crippen LogP contribution in [0.25, 0.3) is 6.08 Å². The molecule has 0 aliphatic rings. The number of carbonyl (C=O) groups excluding carboxylic acids is 2. The molecule has 0 unspecified atom stereocenters. The molecule has 0 atom stereocenters. The van der Waals surface area contributed by atoms with E-state index < -0.39 is 16.7 Å². The smallest absolute Gasteiger partial charge is 0.289 e. The molecule has 0 saturated heterocycles. The molecule has 3 aromatic rings. The Morgan fingerprint density at radius 1 is 1.05 bits per heavy atom. The molecule has 0 saturated carbocycles. The number of ether oxygens (including phenoxy) is 1. The summed E-state index contributed by atoms with van der Waals surface area (Å²) < 4.78 is 5.64. The van der Waals surface area contributed by atoms with Crippen LogP contribution in [0.15, 0.2) is 72.4 Å². The van der Waals surface area contributed by atoms with Gasteiger partial charge in [-0.1, -0.05) is 37.1 Å². The lowest BCUT2D eigenvalue weighted by molar-refractivity contribution is -0.384. The number of nitro benzene ring substituents is 1. The topological polar surface area (TPSA) is 114 Å². The SMILES string of the molecule is CCCCOc1ccc(C(=O)N/C(=C/c2ccc(N(C)C)cc2)C(=O)Nc2ccc(Cl)c([N+](=O)[O-])c2)cc1. The summed E-state index contributed by atoms with van der Waals surface area (Å²) in [7, 11) is 3.82. The van der Waals surface area contributed by atoms with Gasteiger partial charge in [0.2, 0.25) is 0 Å². The third kappa shape index (κ3) is 7.81. The third-order valence-corrected chi connectivity index (χ3v) is 5.82. The molecule has 0 aliphatic heterocycles. The molecule has 3 rings (SSSR count). The molecule has 198 valence electrons. The highest BCUT2D eigenvalue weighted by Crippen LogP contribution is 2.27. The molecule has 38 heavy (non-hydrogen) atoms. The molecule has 2 amide bonds. The van der Waals surface area contributed by atoms with Crippen LogP contribution in [-0.2, 0) is 4.79 Å². The Morgan fingerprint density at radius 2 is 1.74 bits per heavy atom. The van der Waals surface area contributed by atoms with E-state index >= 15 is 0 Å². The van der Waals surface area contributed by atoms with Gasteiger partial charge in [0.25, 0.3) is 17.5 Å². The van der Waals surface area contributed by atoms with E-state index in [0.717, 1.165) is 24.6 Å². The lowest BCUT2D eigenvalue weighted by Crippen LogP contribution is -2.30. The van der Waals surface area contributed by atoms with Gasteiger partial charge in [0.05, 0.1) is 11.5 Å². The predicted molar refractivity (Wildman–Crippen MR) is 150 cm³/mol. The van der Waals surface area contributed by atoms with Gasteiger partial charge in [-0.05, 0) is 66.6 Å². The van der Waals surface area contributed by atoms with Crippen molar-refractivity contribution in [2.75, 3.05) is 30.9 Å². The van der Waals surface area contributed by atoms with Gasteiger partial charge in [-0.3, -0.25) is 19.7 Å². The highest BCUT2D eigenvalue weighted by atomic mass is 35.5. The minimum absolute atomic E-state index is 0.0477. The number of carbonyl (C=O) groups is 2. The quantitative estimate of drug-likeness (QED) is 0.136. The van der Waals surface area contributed by atoms with Crippen molar-refractivity contribution in [3.05, 3.63) is 98.7 Å². The number of hydrogen-bond acceptors (Lipinski definition) is 6. The number of nitrogens with zero attached hydrogens (tertiary/aromatic N) is 2. The number of hydrogen-bond donors (Lipinski definition) is 2. The van der Waals surface area contributed by atoms with Crippen molar-refractivity contribution in [3.63, 3.8) is 0 Å². The first-order valence-corrected chi connectivity index (χ1v) is 12.3. The van der Waals surface area contributed by atoms with E-state index in [-0.39, 0.29) is 22.1 Å². The summed E-state index contributed by atoms with van der Waals surface area (Å²) in [6.45, 7) is 2.66. The largest absolute Gasteiger partial charge is 0.494 e. The van der Waals surface area contributed by atoms with Crippen LogP contribution in [0.5, 0.6) is 5.75 Å². The van der Waals surface area contributed by atoms with Crippen LogP contribution < -0.4 is 20.3 Å². The number of benzene rings is 3. The molecular weight excluding hydrogens is 508 g/mol. The lowest BCUT2D eigenvalue weighted by Gasteiger charge is -2.14. The zero-order valence-corrected chi connectivity index (χ0v) is 22.1. The number of nitro groups is 1. The second-order valence-corrected chi connectivity index (χ2v) is 9.01. The minimum Gasteiger partial charge on any atom is -0.494 e. The number of amides is 2. The lowest BCUT2D eigenvalue weighted by atomic mass is 10.1. The first-order chi connectivity index (χ1) is 18.2. The van der Waals surface area contributed by atoms with Gasteiger partial charge in [-0.15, -0.1) is 0 Å². The van der Waals surface area contributed by atoms with Gasteiger partial charge < -0.3 is 20.3 Å². The first kappa shape index (κ1) is 28.2. The average molecular weight is 537 g/mol. The van der Waals surface area contributed by atoms with Crippen molar-refractivity contribution >= 4 is 46.6 Å². The summed E-state index contributed by atoms with van der Waals surface area (Å²) >= 11 is 5.88. The van der Waals surface area contributed by atoms with E-state index in [1.54, 1.807) is 24.3 Å². The van der Waals surface area contributed by atoms with E-state index in [0.29, 0.717) is 23.5 Å². The van der Waals surface area contributed by atoms with Crippen LogP contribution in [0.3, 0.4) is 0 Å². The highest BCUT2D eigenvalue weighted by Gasteiger charge is 2.18. The molecule has 0 bridgehead atoms. The van der Waals surface area contributed by atoms with Crippen LogP contribution >= 0.6 is 11.6 Å². The number of anilines is 2. The summed E-state index contributed by atoms with van der Waals surface area (Å²) in [5, 5.41) is 16.4. The Kier molecular flexibility index (Phi) is 9.84. The highest BCUT2D eigenvalue weighted by molar-refractivity contribution is 6.32. The second-order valence-electron chi connectivity index (χ2n) is 8.60. The van der Waals surface area contributed by atoms with E-state index in [4.69, 9.17) is 16.3 Å². The number of halogens is 1. The van der Waals surface area contributed by atoms with Gasteiger partial charge >= 0.3 is 0 Å². The Bertz CT molecular complexity index is 1320. The Hall–Kier alpha value is -4.37. The molecule has 0 heterocycles. The van der Waals surface area contributed by atoms with Crippen LogP contribution in [0.4, 0.5) is 17.1 Å². The predicted octanol–water partition coefficient (Wildman–Crippen LogP) is 5.90. The summed E-state index contributed by atoms with van der Waals surface area (Å²) in [6, 6.07) is 17.9. The van der Waals surface area contributed by atoms with Crippen LogP contribution in [0.2, 0.25) is 5.02 Å². The summed E-state index contributed by atoms with van der Waals surface area (Å²) in [4.78, 5) is 38.8. The van der Waals surface area contributed by atoms with Crippen LogP contribution in [0.1, 0.15) is 35.7 Å². The average Bonchev–Trinajstić information content (AvgIpc) is 2.90. The minimum atomic E-state index is -0.661. The summed E-state index contributed by atoms with van der Waals surface area (Å²) in [5.74, 6) is -0.515. The van der Waals surface area contributed by atoms with Gasteiger partial charge in [-0.2, -0.15) is 0 Å². The fraction of sp³-hybridized carbons (Fsp3) is 0.214. The zero-order valence-electron chi connectivity index (χ0n) is 21.4. The molecule has 0 radical (unpaired) electrons. The number of nitrogens with one attached hydrogen (secondary N) is 2. The van der Waals surface area contributed by atoms with E-state index in [9.17, 15) is 19.7 Å². The first-order valence-electron chi connectivity index (χ1n) is 12.0. The summed E-state index contributed by atoms with van der Waals surface area (Å²) in [5.41, 5.74) is 1.72. The van der Waals surface area contributed by atoms with E-state index in [1.165, 1.54) is 18.2 Å². The van der Waals surface area contributed by atoms with Crippen molar-refractivity contribution in [1.29, 1.82) is 0 Å². The second kappa shape index (κ2) is 13.3. The van der Waals surface area contributed by atoms with Crippen molar-refractivity contribution in [2.24, 2.45) is 0 Å². The molecule has 0 fully saturated rings. The Balaban J connectivity index is 1.86. The normalized spacial score (nSPS) is 11.0. The third-order valence-electron chi connectivity index (χ3n) is 5.50. The maximum Gasteiger partial charge on any atom is 0.289 e. The Morgan fingerprint density at radius 3 is 2.34 bits per heavy atom. The monoisotopic (exact) mass is 536 g/mol. The summed E-state index contributed by atoms with van der Waals surface area (Å²) in [6.07, 6.45) is 3.47. The fourth-order valence-corrected chi connectivity index (χ4v) is 3.54. The molecule has 0 aromatic heterocycles. The fourth-order valence-electron chi connectivity index (χ4n) is 3.35. The van der Waals surface area contributed by atoms with Gasteiger partial charge in [0, 0.05) is 37.1 Å². The van der Waals surface area contributed by atoms with Crippen molar-refractivity contribution in [2.45, 2.75) is 19.8 Å². The van der Waals surface area contributed by atoms with Crippen molar-refractivity contribution in [3.8, 4) is 5.75 Å². The standard InChI is InChI=1S/C28H29ClN4O5/c1-4-5-16-38-23-13-8-20(9-14-23)27(34)31-25(17-19-6-11-22(12-7-19)32(2)3)28(35)30-21-10-15-24(29)26(18-21)33(36)37/h6-15,17-18H,4-5,16H2,1-3H3,(H,30,35)(H,31,34)/b25-17+. The van der Waals surface area contributed by atoms with E-state index in [1.807, 2.05) is 43.3 Å². The molecule has 3 aromatic carbocycles. The van der Waals surface area contributed by atoms with E-state index in [2.05, 4.69) is 17.6 Å². The maximum absolute atomic E-state index is 13.2. The molecule has 10 heteroatoms. The number of unbranched alkanes of at least 4 members (excludes halogenated alkanes) is 1. The Labute approximate surface area is 226 Å². The van der Waals surface area contributed by atoms with Crippen LogP contribution in [-0.4, -0.2) is 37.4 Å². The van der Waals surface area contributed by atoms with Crippen LogP contribution in [0, 0.1) is 10.1 Å². The van der Waals surface area contributed by atoms with Crippen molar-refractivity contribution in [1.82, 2.24) is 5.32 Å². The van der Waals surface area contributed by atoms with Gasteiger partial charge in [0.15, 0.2) is 0 Å². The molecule has 9 nitrogen and oxygen atoms in total. The molecule has 0 aliphatic carbocycles. The van der Waals surface area contributed by atoms with Gasteiger partial charge in [-0.25, -0.2) is 0 Å². The number of rotatable bonds is 11. The molecule has 0 spiro atoms.